The van der Waals surface area contributed by atoms with Crippen molar-refractivity contribution in [3.05, 3.63) is 29.8 Å². The maximum absolute atomic E-state index is 12.8. The number of piperidine rings is 2. The third-order valence-electron chi connectivity index (χ3n) is 18.3. The van der Waals surface area contributed by atoms with Gasteiger partial charge in [0.05, 0.1) is 0 Å². The van der Waals surface area contributed by atoms with Gasteiger partial charge in [-0.1, -0.05) is 80.5 Å². The van der Waals surface area contributed by atoms with E-state index in [-0.39, 0.29) is 0 Å². The third kappa shape index (κ3) is 17.2. The first kappa shape index (κ1) is 56.6. The molecule has 0 aromatic heterocycles. The van der Waals surface area contributed by atoms with Crippen LogP contribution in [0.2, 0.25) is 0 Å². The van der Waals surface area contributed by atoms with Gasteiger partial charge in [0.1, 0.15) is 5.67 Å². The lowest BCUT2D eigenvalue weighted by atomic mass is 9.91. The van der Waals surface area contributed by atoms with Crippen molar-refractivity contribution < 1.29 is 4.39 Å². The van der Waals surface area contributed by atoms with Gasteiger partial charge in [0, 0.05) is 102 Å². The molecule has 13 unspecified atom stereocenters. The first-order valence-electron chi connectivity index (χ1n) is 27.6. The molecule has 1 aromatic carbocycles. The third-order valence-corrected chi connectivity index (χ3v) is 18.3. The van der Waals surface area contributed by atoms with Crippen LogP contribution in [-0.2, 0) is 0 Å². The molecule has 12 rings (SSSR count). The zero-order valence-corrected chi connectivity index (χ0v) is 47.3. The van der Waals surface area contributed by atoms with Crippen LogP contribution in [0.5, 0.6) is 0 Å². The van der Waals surface area contributed by atoms with Crippen molar-refractivity contribution >= 4 is 5.69 Å². The van der Waals surface area contributed by atoms with Crippen molar-refractivity contribution in [2.75, 3.05) is 140 Å². The SMILES string of the molecule is CC1CC2CCC1N2C.CC1CCN(C)C1.CC1CN(C)C2CC12.CC1CN(C)CC1C.CC1CN(C)c2ccccc21.CN1CC2CC2(C)C1.CN1CCC(C)(C)C1.CN1CCC(C)(F)C1. The number of alkyl halides is 1. The Morgan fingerprint density at radius 3 is 1.45 bits per heavy atom. The molecular weight excluding hydrogens is 828 g/mol. The summed E-state index contributed by atoms with van der Waals surface area (Å²) >= 11 is 0. The summed E-state index contributed by atoms with van der Waals surface area (Å²) in [7, 11) is 17.4. The minimum atomic E-state index is -0.908. The van der Waals surface area contributed by atoms with Crippen LogP contribution in [0.25, 0.3) is 0 Å². The first-order chi connectivity index (χ1) is 31.3. The lowest BCUT2D eigenvalue weighted by molar-refractivity contribution is 0.198. The number of benzene rings is 1. The van der Waals surface area contributed by atoms with E-state index in [0.29, 0.717) is 24.3 Å². The average Bonchev–Trinajstić information content (AvgIpc) is 3.49. The van der Waals surface area contributed by atoms with E-state index in [0.717, 1.165) is 71.5 Å². The van der Waals surface area contributed by atoms with Gasteiger partial charge in [-0.05, 0) is 185 Å². The predicted octanol–water partition coefficient (Wildman–Crippen LogP) is 10.2. The zero-order chi connectivity index (χ0) is 49.6. The van der Waals surface area contributed by atoms with Gasteiger partial charge in [-0.25, -0.2) is 4.39 Å². The van der Waals surface area contributed by atoms with Crippen LogP contribution in [-0.4, -0.2) is 193 Å². The topological polar surface area (TPSA) is 25.9 Å². The van der Waals surface area contributed by atoms with Crippen molar-refractivity contribution in [1.29, 1.82) is 0 Å². The Balaban J connectivity index is 0.000000144. The normalized spacial score (nSPS) is 40.1. The Labute approximate surface area is 415 Å². The summed E-state index contributed by atoms with van der Waals surface area (Å²) in [5, 5.41) is 0. The number of likely N-dealkylation sites (tertiary alicyclic amines) is 6. The van der Waals surface area contributed by atoms with E-state index in [1.165, 1.54) is 122 Å². The smallest absolute Gasteiger partial charge is 0.122 e. The second kappa shape index (κ2) is 24.4. The van der Waals surface area contributed by atoms with Gasteiger partial charge in [-0.2, -0.15) is 0 Å². The summed E-state index contributed by atoms with van der Waals surface area (Å²) in [4.78, 5) is 19.0. The highest BCUT2D eigenvalue weighted by atomic mass is 19.1. The zero-order valence-electron chi connectivity index (χ0n) is 47.3. The Morgan fingerprint density at radius 1 is 0.552 bits per heavy atom. The van der Waals surface area contributed by atoms with Gasteiger partial charge in [0.2, 0.25) is 0 Å². The highest BCUT2D eigenvalue weighted by Crippen LogP contribution is 2.56. The van der Waals surface area contributed by atoms with Crippen LogP contribution in [0.1, 0.15) is 132 Å². The average molecular weight is 938 g/mol. The van der Waals surface area contributed by atoms with Gasteiger partial charge in [0.25, 0.3) is 0 Å². The molecule has 2 aliphatic carbocycles. The van der Waals surface area contributed by atoms with Crippen molar-refractivity contribution in [1.82, 2.24) is 34.3 Å². The number of halogens is 1. The molecule has 0 spiro atoms. The van der Waals surface area contributed by atoms with Crippen LogP contribution < -0.4 is 4.90 Å². The van der Waals surface area contributed by atoms with Crippen molar-refractivity contribution in [2.45, 2.75) is 150 Å². The molecule has 10 fully saturated rings. The quantitative estimate of drug-likeness (QED) is 0.254. The molecule has 9 aliphatic heterocycles. The monoisotopic (exact) mass is 937 g/mol. The van der Waals surface area contributed by atoms with Gasteiger partial charge in [-0.15, -0.1) is 0 Å². The van der Waals surface area contributed by atoms with Crippen LogP contribution >= 0.6 is 0 Å². The Morgan fingerprint density at radius 2 is 1.19 bits per heavy atom. The first-order valence-corrected chi connectivity index (χ1v) is 27.6. The number of nitrogens with zero attached hydrogens (tertiary/aromatic N) is 8. The minimum absolute atomic E-state index is 0.592. The van der Waals surface area contributed by atoms with Crippen LogP contribution in [0.4, 0.5) is 10.1 Å². The molecule has 13 atom stereocenters. The number of para-hydroxylation sites is 1. The van der Waals surface area contributed by atoms with E-state index in [9.17, 15) is 4.39 Å². The lowest BCUT2D eigenvalue weighted by Gasteiger charge is -2.16. The van der Waals surface area contributed by atoms with Crippen molar-refractivity contribution in [2.24, 2.45) is 52.3 Å². The fourth-order valence-corrected chi connectivity index (χ4v) is 13.6. The Hall–Kier alpha value is -1.33. The molecule has 2 bridgehead atoms. The van der Waals surface area contributed by atoms with E-state index in [4.69, 9.17) is 0 Å². The molecule has 1 aromatic rings. The van der Waals surface area contributed by atoms with Crippen LogP contribution in [0.3, 0.4) is 0 Å². The summed E-state index contributed by atoms with van der Waals surface area (Å²) in [6.45, 7) is 37.2. The second-order valence-electron chi connectivity index (χ2n) is 26.5. The summed E-state index contributed by atoms with van der Waals surface area (Å²) in [6.07, 6.45) is 10.8. The molecular formula is C58H109FN8. The molecule has 388 valence electrons. The number of hydrogen-bond acceptors (Lipinski definition) is 8. The Kier molecular flexibility index (Phi) is 20.6. The summed E-state index contributed by atoms with van der Waals surface area (Å²) in [5.41, 5.74) is 3.34. The maximum Gasteiger partial charge on any atom is 0.122 e. The maximum atomic E-state index is 12.8. The van der Waals surface area contributed by atoms with Crippen molar-refractivity contribution in [3.63, 3.8) is 0 Å². The predicted molar refractivity (Wildman–Crippen MR) is 289 cm³/mol. The molecule has 9 heteroatoms. The number of likely N-dealkylation sites (N-methyl/N-ethyl adjacent to an activating group) is 1. The van der Waals surface area contributed by atoms with E-state index < -0.39 is 5.67 Å². The molecule has 11 aliphatic rings. The second-order valence-corrected chi connectivity index (χ2v) is 26.5. The standard InChI is InChI=1S/C10H13N.C8H15N.2C7H13N.2C7H15N.C6H12FN.C6H13N/c1-8-7-11(2)10-6-4-3-5-9(8)10;1-6-5-7-3-4-8(6)9(7)2;1-7-3-6(7)4-8(2)5-7;1-5-4-8(2)7-3-6(5)7;1-6-4-8(3)5-7(6)2;1-7(2)4-5-8(3)6-7;1-6(7)3-4-8(2)5-6;1-6-3-4-7(2)5-6/h3-6,8H,7H2,1-2H3;6-8H,3-5H2,1-2H3;6H,3-5H2,1-2H3;5-7H,3-4H2,1-2H3;6-7H,4-5H2,1-3H3;4-6H2,1-3H3;3-5H2,1-2H3;6H,3-5H2,1-2H3. The molecule has 0 radical (unpaired) electrons. The fraction of sp³-hybridized carbons (Fsp3) is 0.897. The number of hydrogen-bond donors (Lipinski definition) is 0. The molecule has 0 amide bonds. The fourth-order valence-electron chi connectivity index (χ4n) is 13.6. The molecule has 8 saturated heterocycles. The molecule has 9 heterocycles. The highest BCUT2D eigenvalue weighted by Gasteiger charge is 2.55. The van der Waals surface area contributed by atoms with E-state index in [1.807, 2.05) is 11.9 Å². The van der Waals surface area contributed by atoms with Crippen LogP contribution in [0.15, 0.2) is 24.3 Å². The van der Waals surface area contributed by atoms with Gasteiger partial charge < -0.3 is 39.2 Å². The van der Waals surface area contributed by atoms with E-state index >= 15 is 0 Å². The highest BCUT2D eigenvalue weighted by molar-refractivity contribution is 5.59. The van der Waals surface area contributed by atoms with Gasteiger partial charge in [-0.3, -0.25) is 0 Å². The summed E-state index contributed by atoms with van der Waals surface area (Å²) < 4.78 is 12.8. The molecule has 8 nitrogen and oxygen atoms in total. The number of fused-ring (bicyclic) bond motifs is 5. The Bertz CT molecular complexity index is 1510. The summed E-state index contributed by atoms with van der Waals surface area (Å²) in [6, 6.07) is 11.5. The van der Waals surface area contributed by atoms with E-state index in [1.54, 1.807) is 6.92 Å². The van der Waals surface area contributed by atoms with E-state index in [2.05, 4.69) is 170 Å². The number of anilines is 1. The number of rotatable bonds is 0. The lowest BCUT2D eigenvalue weighted by Crippen LogP contribution is -2.24. The van der Waals surface area contributed by atoms with Crippen LogP contribution in [0, 0.1) is 52.3 Å². The minimum Gasteiger partial charge on any atom is -0.374 e. The summed E-state index contributed by atoms with van der Waals surface area (Å²) in [5.74, 6) is 7.60. The van der Waals surface area contributed by atoms with Crippen molar-refractivity contribution in [3.8, 4) is 0 Å². The van der Waals surface area contributed by atoms with Gasteiger partial charge in [0.15, 0.2) is 0 Å². The van der Waals surface area contributed by atoms with Gasteiger partial charge >= 0.3 is 0 Å². The molecule has 2 saturated carbocycles. The largest absolute Gasteiger partial charge is 0.374 e. The molecule has 67 heavy (non-hydrogen) atoms. The molecule has 0 N–H and O–H groups in total.